The maximum absolute atomic E-state index is 9.24. The van der Waals surface area contributed by atoms with Gasteiger partial charge in [-0.05, 0) is 41.0 Å². The van der Waals surface area contributed by atoms with Crippen LogP contribution in [0.3, 0.4) is 0 Å². The second-order valence-corrected chi connectivity index (χ2v) is 6.05. The van der Waals surface area contributed by atoms with E-state index in [-0.39, 0.29) is 5.41 Å². The van der Waals surface area contributed by atoms with Crippen molar-refractivity contribution in [2.45, 2.75) is 38.0 Å². The van der Waals surface area contributed by atoms with Crippen LogP contribution in [0.1, 0.15) is 43.7 Å². The lowest BCUT2D eigenvalue weighted by molar-refractivity contribution is 0.867. The normalized spacial score (nSPS) is 15.9. The molecule has 1 aliphatic carbocycles. The van der Waals surface area contributed by atoms with Crippen LogP contribution in [0.15, 0.2) is 48.5 Å². The van der Waals surface area contributed by atoms with Gasteiger partial charge in [-0.2, -0.15) is 5.26 Å². The lowest BCUT2D eigenvalue weighted by Gasteiger charge is -2.10. The Kier molecular flexibility index (Phi) is 3.10. The van der Waals surface area contributed by atoms with Crippen molar-refractivity contribution >= 4 is 0 Å². The van der Waals surface area contributed by atoms with Crippen molar-refractivity contribution in [3.05, 3.63) is 59.7 Å². The minimum Gasteiger partial charge on any atom is -0.197 e. The smallest absolute Gasteiger partial charge is 0.0823 e. The van der Waals surface area contributed by atoms with Gasteiger partial charge in [-0.1, -0.05) is 62.4 Å². The third-order valence-corrected chi connectivity index (χ3v) is 4.29. The average molecular weight is 261 g/mol. The molecule has 0 spiro atoms. The van der Waals surface area contributed by atoms with E-state index >= 15 is 0 Å². The van der Waals surface area contributed by atoms with Crippen LogP contribution in [0.4, 0.5) is 0 Å². The van der Waals surface area contributed by atoms with Crippen molar-refractivity contribution in [3.8, 4) is 17.2 Å². The van der Waals surface area contributed by atoms with Crippen molar-refractivity contribution in [1.82, 2.24) is 0 Å². The fourth-order valence-corrected chi connectivity index (χ4v) is 2.65. The Morgan fingerprint density at radius 3 is 2.25 bits per heavy atom. The molecule has 0 bridgehead atoms. The summed E-state index contributed by atoms with van der Waals surface area (Å²) in [6.07, 6.45) is 2.01. The molecule has 20 heavy (non-hydrogen) atoms. The lowest BCUT2D eigenvalue weighted by Crippen LogP contribution is -2.01. The first-order chi connectivity index (χ1) is 9.64. The summed E-state index contributed by atoms with van der Waals surface area (Å²) in [7, 11) is 0. The highest BCUT2D eigenvalue weighted by Crippen LogP contribution is 2.47. The van der Waals surface area contributed by atoms with Crippen molar-refractivity contribution in [2.24, 2.45) is 0 Å². The molecule has 1 aliphatic rings. The Hall–Kier alpha value is -2.07. The largest absolute Gasteiger partial charge is 0.197 e. The zero-order valence-corrected chi connectivity index (χ0v) is 12.1. The third-order valence-electron chi connectivity index (χ3n) is 4.29. The van der Waals surface area contributed by atoms with Crippen LogP contribution in [0, 0.1) is 11.3 Å². The van der Waals surface area contributed by atoms with E-state index in [1.807, 2.05) is 0 Å². The van der Waals surface area contributed by atoms with Gasteiger partial charge in [-0.3, -0.25) is 0 Å². The van der Waals surface area contributed by atoms with Gasteiger partial charge in [0, 0.05) is 0 Å². The summed E-state index contributed by atoms with van der Waals surface area (Å²) < 4.78 is 0. The molecule has 1 saturated carbocycles. The second-order valence-electron chi connectivity index (χ2n) is 6.05. The predicted octanol–water partition coefficient (Wildman–Crippen LogP) is 5.03. The van der Waals surface area contributed by atoms with Crippen LogP contribution in [-0.2, 0) is 5.41 Å². The van der Waals surface area contributed by atoms with Crippen LogP contribution >= 0.6 is 0 Å². The summed E-state index contributed by atoms with van der Waals surface area (Å²) in [5.74, 6) is 0.544. The van der Waals surface area contributed by atoms with E-state index in [1.165, 1.54) is 22.3 Å². The van der Waals surface area contributed by atoms with E-state index in [2.05, 4.69) is 68.4 Å². The number of nitriles is 1. The summed E-state index contributed by atoms with van der Waals surface area (Å²) in [6.45, 7) is 4.43. The highest BCUT2D eigenvalue weighted by Gasteiger charge is 2.44. The minimum absolute atomic E-state index is 0.182. The topological polar surface area (TPSA) is 23.8 Å². The Bertz CT molecular complexity index is 655. The Balaban J connectivity index is 1.92. The molecule has 100 valence electrons. The first-order valence-corrected chi connectivity index (χ1v) is 7.27. The lowest BCUT2D eigenvalue weighted by atomic mass is 9.93. The number of hydrogen-bond donors (Lipinski definition) is 0. The van der Waals surface area contributed by atoms with E-state index in [1.54, 1.807) is 0 Å². The minimum atomic E-state index is -0.182. The van der Waals surface area contributed by atoms with E-state index in [9.17, 15) is 5.26 Å². The van der Waals surface area contributed by atoms with Crippen LogP contribution in [-0.4, -0.2) is 0 Å². The van der Waals surface area contributed by atoms with E-state index in [0.717, 1.165) is 12.8 Å². The number of nitrogens with zero attached hydrogens (tertiary/aromatic N) is 1. The number of benzene rings is 2. The van der Waals surface area contributed by atoms with Crippen LogP contribution in [0.2, 0.25) is 0 Å². The summed E-state index contributed by atoms with van der Waals surface area (Å²) in [5, 5.41) is 9.24. The molecular formula is C19H19N. The molecule has 1 fully saturated rings. The molecule has 1 nitrogen and oxygen atoms in total. The van der Waals surface area contributed by atoms with Crippen molar-refractivity contribution in [2.75, 3.05) is 0 Å². The van der Waals surface area contributed by atoms with Gasteiger partial charge >= 0.3 is 0 Å². The summed E-state index contributed by atoms with van der Waals surface area (Å²) >= 11 is 0. The zero-order chi connectivity index (χ0) is 14.2. The van der Waals surface area contributed by atoms with E-state index in [4.69, 9.17) is 0 Å². The van der Waals surface area contributed by atoms with Crippen LogP contribution in [0.25, 0.3) is 11.1 Å². The van der Waals surface area contributed by atoms with Crippen LogP contribution < -0.4 is 0 Å². The average Bonchev–Trinajstić information content (AvgIpc) is 3.29. The van der Waals surface area contributed by atoms with Crippen molar-refractivity contribution in [3.63, 3.8) is 0 Å². The SMILES string of the molecule is CC(C)c1cccc(-c2ccc(C3(C#N)CC3)cc2)c1. The van der Waals surface area contributed by atoms with Gasteiger partial charge in [-0.25, -0.2) is 0 Å². The van der Waals surface area contributed by atoms with Gasteiger partial charge in [0.1, 0.15) is 0 Å². The number of hydrogen-bond acceptors (Lipinski definition) is 1. The van der Waals surface area contributed by atoms with E-state index < -0.39 is 0 Å². The summed E-state index contributed by atoms with van der Waals surface area (Å²) in [5.41, 5.74) is 4.83. The van der Waals surface area contributed by atoms with Gasteiger partial charge in [0.25, 0.3) is 0 Å². The summed E-state index contributed by atoms with van der Waals surface area (Å²) in [4.78, 5) is 0. The van der Waals surface area contributed by atoms with Gasteiger partial charge in [0.15, 0.2) is 0 Å². The molecule has 0 unspecified atom stereocenters. The monoisotopic (exact) mass is 261 g/mol. The third kappa shape index (κ3) is 2.23. The standard InChI is InChI=1S/C19H19N/c1-14(2)16-4-3-5-17(12-16)15-6-8-18(9-7-15)19(13-20)10-11-19/h3-9,12,14H,10-11H2,1-2H3. The fourth-order valence-electron chi connectivity index (χ4n) is 2.65. The van der Waals surface area contributed by atoms with Crippen molar-refractivity contribution in [1.29, 1.82) is 5.26 Å². The first kappa shape index (κ1) is 12.9. The summed E-state index contributed by atoms with van der Waals surface area (Å²) in [6, 6.07) is 19.7. The molecule has 0 radical (unpaired) electrons. The van der Waals surface area contributed by atoms with E-state index in [0.29, 0.717) is 5.92 Å². The predicted molar refractivity (Wildman–Crippen MR) is 82.5 cm³/mol. The molecule has 1 heteroatoms. The molecule has 2 aromatic carbocycles. The highest BCUT2D eigenvalue weighted by molar-refractivity contribution is 5.65. The Morgan fingerprint density at radius 1 is 1.00 bits per heavy atom. The van der Waals surface area contributed by atoms with Gasteiger partial charge in [0.05, 0.1) is 11.5 Å². The maximum Gasteiger partial charge on any atom is 0.0823 e. The van der Waals surface area contributed by atoms with Gasteiger partial charge in [0.2, 0.25) is 0 Å². The van der Waals surface area contributed by atoms with Crippen molar-refractivity contribution < 1.29 is 0 Å². The highest BCUT2D eigenvalue weighted by atomic mass is 14.5. The Morgan fingerprint density at radius 2 is 1.70 bits per heavy atom. The molecular weight excluding hydrogens is 242 g/mol. The van der Waals surface area contributed by atoms with Crippen LogP contribution in [0.5, 0.6) is 0 Å². The molecule has 2 aromatic rings. The maximum atomic E-state index is 9.24. The molecule has 0 N–H and O–H groups in total. The zero-order valence-electron chi connectivity index (χ0n) is 12.1. The molecule has 0 aromatic heterocycles. The van der Waals surface area contributed by atoms with Gasteiger partial charge < -0.3 is 0 Å². The molecule has 0 atom stereocenters. The van der Waals surface area contributed by atoms with Gasteiger partial charge in [-0.15, -0.1) is 0 Å². The second kappa shape index (κ2) is 4.80. The first-order valence-electron chi connectivity index (χ1n) is 7.27. The molecule has 0 aliphatic heterocycles. The fraction of sp³-hybridized carbons (Fsp3) is 0.316. The Labute approximate surface area is 120 Å². The molecule has 0 saturated heterocycles. The molecule has 0 amide bonds. The molecule has 0 heterocycles. The molecule has 3 rings (SSSR count). The number of rotatable bonds is 3. The quantitative estimate of drug-likeness (QED) is 0.760.